The zero-order chi connectivity index (χ0) is 13.3. The van der Waals surface area contributed by atoms with Crippen molar-refractivity contribution in [3.8, 4) is 0 Å². The van der Waals surface area contributed by atoms with Gasteiger partial charge in [0.25, 0.3) is 0 Å². The van der Waals surface area contributed by atoms with Gasteiger partial charge in [-0.2, -0.15) is 0 Å². The van der Waals surface area contributed by atoms with E-state index in [4.69, 9.17) is 10.8 Å². The van der Waals surface area contributed by atoms with Gasteiger partial charge in [0, 0.05) is 9.86 Å². The van der Waals surface area contributed by atoms with Crippen molar-refractivity contribution in [1.29, 1.82) is 0 Å². The number of pyridine rings is 1. The number of halogens is 1. The Bertz CT molecular complexity index is 573. The predicted octanol–water partition coefficient (Wildman–Crippen LogP) is 3.87. The van der Waals surface area contributed by atoms with Crippen LogP contribution in [0.5, 0.6) is 0 Å². The molecule has 96 valence electrons. The number of hydrogen-bond acceptors (Lipinski definition) is 3. The summed E-state index contributed by atoms with van der Waals surface area (Å²) in [7, 11) is 0. The van der Waals surface area contributed by atoms with Gasteiger partial charge in [0.2, 0.25) is 0 Å². The van der Waals surface area contributed by atoms with Crippen molar-refractivity contribution in [3.05, 3.63) is 34.4 Å². The van der Waals surface area contributed by atoms with Crippen LogP contribution in [0, 0.1) is 5.41 Å². The van der Waals surface area contributed by atoms with Gasteiger partial charge in [-0.15, -0.1) is 0 Å². The van der Waals surface area contributed by atoms with E-state index in [2.05, 4.69) is 48.2 Å². The highest BCUT2D eigenvalue weighted by molar-refractivity contribution is 9.10. The lowest BCUT2D eigenvalue weighted by molar-refractivity contribution is 0.407. The molecule has 1 aromatic carbocycles. The molecule has 0 aliphatic carbocycles. The molecule has 0 fully saturated rings. The van der Waals surface area contributed by atoms with Gasteiger partial charge in [-0.05, 0) is 30.0 Å². The van der Waals surface area contributed by atoms with Crippen molar-refractivity contribution in [3.63, 3.8) is 0 Å². The molecule has 4 heteroatoms. The largest absolute Gasteiger partial charge is 0.322 e. The van der Waals surface area contributed by atoms with E-state index in [1.54, 1.807) is 0 Å². The van der Waals surface area contributed by atoms with E-state index in [1.165, 1.54) is 0 Å². The van der Waals surface area contributed by atoms with Gasteiger partial charge in [0.05, 0.1) is 16.9 Å². The Labute approximate surface area is 116 Å². The number of nitrogens with one attached hydrogen (secondary N) is 1. The first-order valence-corrected chi connectivity index (χ1v) is 6.74. The van der Waals surface area contributed by atoms with E-state index < -0.39 is 0 Å². The number of anilines is 1. The van der Waals surface area contributed by atoms with Crippen LogP contribution in [-0.4, -0.2) is 4.98 Å². The second kappa shape index (κ2) is 4.86. The van der Waals surface area contributed by atoms with Crippen LogP contribution in [-0.2, 0) is 6.42 Å². The van der Waals surface area contributed by atoms with Gasteiger partial charge >= 0.3 is 0 Å². The standard InChI is InChI=1S/C14H18BrN3/c1-14(2,3)8-13-12(18-16)6-9-4-5-10(15)7-11(9)17-13/h4-7,18H,8,16H2,1-3H3. The summed E-state index contributed by atoms with van der Waals surface area (Å²) in [6.45, 7) is 6.58. The summed E-state index contributed by atoms with van der Waals surface area (Å²) in [6, 6.07) is 8.12. The highest BCUT2D eigenvalue weighted by Gasteiger charge is 2.16. The second-order valence-corrected chi connectivity index (χ2v) is 6.62. The Morgan fingerprint density at radius 1 is 1.28 bits per heavy atom. The normalized spacial score (nSPS) is 11.8. The number of nitrogen functional groups attached to an aromatic ring is 1. The third-order valence-electron chi connectivity index (χ3n) is 2.71. The second-order valence-electron chi connectivity index (χ2n) is 5.70. The topological polar surface area (TPSA) is 50.9 Å². The Morgan fingerprint density at radius 2 is 2.00 bits per heavy atom. The van der Waals surface area contributed by atoms with Crippen LogP contribution in [0.4, 0.5) is 5.69 Å². The predicted molar refractivity (Wildman–Crippen MR) is 80.4 cm³/mol. The van der Waals surface area contributed by atoms with Crippen LogP contribution in [0.15, 0.2) is 28.7 Å². The lowest BCUT2D eigenvalue weighted by Crippen LogP contribution is -2.16. The number of benzene rings is 1. The molecule has 0 saturated carbocycles. The molecule has 0 radical (unpaired) electrons. The smallest absolute Gasteiger partial charge is 0.0718 e. The summed E-state index contributed by atoms with van der Waals surface area (Å²) in [5.74, 6) is 5.59. The van der Waals surface area contributed by atoms with Crippen molar-refractivity contribution >= 4 is 32.5 Å². The molecule has 0 unspecified atom stereocenters. The SMILES string of the molecule is CC(C)(C)Cc1nc2cc(Br)ccc2cc1NN. The third-order valence-corrected chi connectivity index (χ3v) is 3.21. The van der Waals surface area contributed by atoms with Crippen LogP contribution in [0.25, 0.3) is 10.9 Å². The van der Waals surface area contributed by atoms with E-state index in [-0.39, 0.29) is 5.41 Å². The van der Waals surface area contributed by atoms with Crippen LogP contribution in [0.1, 0.15) is 26.5 Å². The van der Waals surface area contributed by atoms with Crippen LogP contribution in [0.3, 0.4) is 0 Å². The molecule has 1 aromatic heterocycles. The maximum atomic E-state index is 5.59. The number of fused-ring (bicyclic) bond motifs is 1. The molecule has 18 heavy (non-hydrogen) atoms. The van der Waals surface area contributed by atoms with E-state index in [0.717, 1.165) is 33.2 Å². The monoisotopic (exact) mass is 307 g/mol. The first-order chi connectivity index (χ1) is 8.39. The summed E-state index contributed by atoms with van der Waals surface area (Å²) in [5.41, 5.74) is 5.83. The van der Waals surface area contributed by atoms with Crippen molar-refractivity contribution in [2.45, 2.75) is 27.2 Å². The number of nitrogens with zero attached hydrogens (tertiary/aromatic N) is 1. The Kier molecular flexibility index (Phi) is 3.59. The number of hydrazine groups is 1. The molecule has 0 aliphatic heterocycles. The van der Waals surface area contributed by atoms with Crippen LogP contribution in [0.2, 0.25) is 0 Å². The van der Waals surface area contributed by atoms with Gasteiger partial charge in [-0.1, -0.05) is 42.8 Å². The molecule has 0 amide bonds. The Morgan fingerprint density at radius 3 is 2.61 bits per heavy atom. The summed E-state index contributed by atoms with van der Waals surface area (Å²) >= 11 is 3.47. The van der Waals surface area contributed by atoms with Crippen LogP contribution < -0.4 is 11.3 Å². The molecule has 0 saturated heterocycles. The highest BCUT2D eigenvalue weighted by Crippen LogP contribution is 2.28. The minimum Gasteiger partial charge on any atom is -0.322 e. The average molecular weight is 308 g/mol. The van der Waals surface area contributed by atoms with Crippen molar-refractivity contribution in [2.75, 3.05) is 5.43 Å². The molecule has 0 spiro atoms. The summed E-state index contributed by atoms with van der Waals surface area (Å²) in [6.07, 6.45) is 0.884. The average Bonchev–Trinajstić information content (AvgIpc) is 2.25. The molecular formula is C14H18BrN3. The fraction of sp³-hybridized carbons (Fsp3) is 0.357. The summed E-state index contributed by atoms with van der Waals surface area (Å²) < 4.78 is 1.04. The van der Waals surface area contributed by atoms with Gasteiger partial charge in [0.1, 0.15) is 0 Å². The highest BCUT2D eigenvalue weighted by atomic mass is 79.9. The Hall–Kier alpha value is -1.13. The molecule has 1 heterocycles. The molecule has 2 rings (SSSR count). The maximum absolute atomic E-state index is 5.59. The molecule has 3 nitrogen and oxygen atoms in total. The summed E-state index contributed by atoms with van der Waals surface area (Å²) in [5, 5.41) is 1.09. The van der Waals surface area contributed by atoms with Gasteiger partial charge in [-0.3, -0.25) is 10.8 Å². The minimum atomic E-state index is 0.179. The quantitative estimate of drug-likeness (QED) is 0.654. The Balaban J connectivity index is 2.56. The zero-order valence-electron chi connectivity index (χ0n) is 10.9. The molecule has 2 aromatic rings. The molecule has 3 N–H and O–H groups in total. The van der Waals surface area contributed by atoms with Gasteiger partial charge < -0.3 is 5.43 Å². The fourth-order valence-electron chi connectivity index (χ4n) is 1.94. The number of rotatable bonds is 2. The molecule has 0 aliphatic rings. The first-order valence-electron chi connectivity index (χ1n) is 5.95. The zero-order valence-corrected chi connectivity index (χ0v) is 12.5. The molecular weight excluding hydrogens is 290 g/mol. The van der Waals surface area contributed by atoms with Crippen molar-refractivity contribution in [2.24, 2.45) is 11.3 Å². The van der Waals surface area contributed by atoms with E-state index in [0.29, 0.717) is 0 Å². The molecule has 0 bridgehead atoms. The van der Waals surface area contributed by atoms with E-state index in [9.17, 15) is 0 Å². The van der Waals surface area contributed by atoms with Crippen molar-refractivity contribution < 1.29 is 0 Å². The minimum absolute atomic E-state index is 0.179. The summed E-state index contributed by atoms with van der Waals surface area (Å²) in [4.78, 5) is 4.72. The maximum Gasteiger partial charge on any atom is 0.0718 e. The van der Waals surface area contributed by atoms with Gasteiger partial charge in [-0.25, -0.2) is 0 Å². The molecule has 0 atom stereocenters. The van der Waals surface area contributed by atoms with Gasteiger partial charge in [0.15, 0.2) is 0 Å². The lowest BCUT2D eigenvalue weighted by atomic mass is 9.89. The third kappa shape index (κ3) is 3.00. The first kappa shape index (κ1) is 13.3. The number of nitrogens with two attached hydrogens (primary N) is 1. The van der Waals surface area contributed by atoms with Crippen molar-refractivity contribution in [1.82, 2.24) is 4.98 Å². The van der Waals surface area contributed by atoms with E-state index >= 15 is 0 Å². The number of aromatic nitrogens is 1. The number of hydrogen-bond donors (Lipinski definition) is 2. The lowest BCUT2D eigenvalue weighted by Gasteiger charge is -2.20. The van der Waals surface area contributed by atoms with Crippen LogP contribution >= 0.6 is 15.9 Å². The van der Waals surface area contributed by atoms with E-state index in [1.807, 2.05) is 18.2 Å². The fourth-order valence-corrected chi connectivity index (χ4v) is 2.29.